The molecule has 2 atom stereocenters. The molecule has 17 heavy (non-hydrogen) atoms. The Hall–Kier alpha value is -1.26. The largest absolute Gasteiger partial charge is 0.508 e. The van der Waals surface area contributed by atoms with Crippen LogP contribution in [0.25, 0.3) is 0 Å². The molecule has 0 saturated heterocycles. The van der Waals surface area contributed by atoms with Gasteiger partial charge in [-0.25, -0.2) is 0 Å². The zero-order chi connectivity index (χ0) is 12.3. The monoisotopic (exact) mass is 237 g/mol. The van der Waals surface area contributed by atoms with Gasteiger partial charge >= 0.3 is 0 Å². The van der Waals surface area contributed by atoms with Gasteiger partial charge in [0.2, 0.25) is 0 Å². The Balaban J connectivity index is 1.93. The zero-order valence-corrected chi connectivity index (χ0v) is 10.3. The van der Waals surface area contributed by atoms with Gasteiger partial charge in [-0.3, -0.25) is 0 Å². The van der Waals surface area contributed by atoms with Crippen LogP contribution in [0, 0.1) is 0 Å². The lowest BCUT2D eigenvalue weighted by molar-refractivity contribution is 0.0732. The molecule has 1 aromatic carbocycles. The van der Waals surface area contributed by atoms with Crippen molar-refractivity contribution in [2.24, 2.45) is 0 Å². The predicted octanol–water partition coefficient (Wildman–Crippen LogP) is 1.84. The van der Waals surface area contributed by atoms with E-state index in [0.717, 1.165) is 24.5 Å². The van der Waals surface area contributed by atoms with Gasteiger partial charge in [-0.15, -0.1) is 0 Å². The maximum absolute atomic E-state index is 9.35. The van der Waals surface area contributed by atoms with E-state index in [-0.39, 0.29) is 17.9 Å². The molecule has 4 nitrogen and oxygen atoms in total. The smallest absolute Gasteiger partial charge is 0.127 e. The second-order valence-corrected chi connectivity index (χ2v) is 4.26. The topological polar surface area (TPSA) is 50.7 Å². The lowest BCUT2D eigenvalue weighted by Gasteiger charge is -2.16. The Morgan fingerprint density at radius 1 is 1.59 bits per heavy atom. The van der Waals surface area contributed by atoms with Crippen LogP contribution in [0.15, 0.2) is 18.2 Å². The van der Waals surface area contributed by atoms with Gasteiger partial charge in [0.05, 0.1) is 12.1 Å². The fourth-order valence-corrected chi connectivity index (χ4v) is 2.02. The van der Waals surface area contributed by atoms with E-state index in [0.29, 0.717) is 6.61 Å². The third-order valence-electron chi connectivity index (χ3n) is 2.88. The molecule has 0 fully saturated rings. The van der Waals surface area contributed by atoms with Crippen molar-refractivity contribution in [2.45, 2.75) is 26.0 Å². The number of rotatable bonds is 5. The fourth-order valence-electron chi connectivity index (χ4n) is 2.02. The molecule has 2 unspecified atom stereocenters. The fraction of sp³-hybridized carbons (Fsp3) is 0.538. The summed E-state index contributed by atoms with van der Waals surface area (Å²) in [5.41, 5.74) is 1.10. The lowest BCUT2D eigenvalue weighted by atomic mass is 10.1. The Labute approximate surface area is 102 Å². The summed E-state index contributed by atoms with van der Waals surface area (Å²) in [6.07, 6.45) is 0.196. The molecule has 0 spiro atoms. The number of hydrogen-bond donors (Lipinski definition) is 2. The van der Waals surface area contributed by atoms with E-state index < -0.39 is 0 Å². The minimum absolute atomic E-state index is 0.188. The molecule has 0 bridgehead atoms. The highest BCUT2D eigenvalue weighted by Gasteiger charge is 2.24. The van der Waals surface area contributed by atoms with Crippen molar-refractivity contribution in [3.8, 4) is 11.5 Å². The normalized spacial score (nSPS) is 19.8. The van der Waals surface area contributed by atoms with Gasteiger partial charge in [0, 0.05) is 24.8 Å². The number of ether oxygens (including phenoxy) is 2. The molecule has 0 aliphatic carbocycles. The third kappa shape index (κ3) is 2.90. The second-order valence-electron chi connectivity index (χ2n) is 4.26. The van der Waals surface area contributed by atoms with Crippen molar-refractivity contribution in [3.63, 3.8) is 0 Å². The van der Waals surface area contributed by atoms with E-state index in [9.17, 15) is 5.11 Å². The minimum atomic E-state index is 0.188. The number of fused-ring (bicyclic) bond motifs is 1. The quantitative estimate of drug-likeness (QED) is 0.820. The average molecular weight is 237 g/mol. The van der Waals surface area contributed by atoms with Gasteiger partial charge in [-0.2, -0.15) is 0 Å². The number of nitrogens with one attached hydrogen (secondary N) is 1. The minimum Gasteiger partial charge on any atom is -0.508 e. The van der Waals surface area contributed by atoms with E-state index in [1.165, 1.54) is 0 Å². The first-order valence-electron chi connectivity index (χ1n) is 6.01. The van der Waals surface area contributed by atoms with Crippen LogP contribution >= 0.6 is 0 Å². The summed E-state index contributed by atoms with van der Waals surface area (Å²) in [6, 6.07) is 5.44. The molecule has 0 amide bonds. The van der Waals surface area contributed by atoms with Crippen LogP contribution in [-0.2, 0) is 4.74 Å². The first-order valence-corrected chi connectivity index (χ1v) is 6.01. The first kappa shape index (κ1) is 12.2. The summed E-state index contributed by atoms with van der Waals surface area (Å²) in [6.45, 7) is 6.17. The molecule has 0 aromatic heterocycles. The number of hydrogen-bond acceptors (Lipinski definition) is 4. The van der Waals surface area contributed by atoms with E-state index in [1.54, 1.807) is 12.1 Å². The number of phenols is 1. The molecule has 0 saturated carbocycles. The summed E-state index contributed by atoms with van der Waals surface area (Å²) in [7, 11) is 0. The first-order chi connectivity index (χ1) is 8.20. The molecule has 1 aliphatic heterocycles. The van der Waals surface area contributed by atoms with Crippen LogP contribution in [0.4, 0.5) is 0 Å². The van der Waals surface area contributed by atoms with Crippen molar-refractivity contribution in [2.75, 3.05) is 19.8 Å². The molecule has 2 N–H and O–H groups in total. The molecular formula is C13H19NO3. The summed E-state index contributed by atoms with van der Waals surface area (Å²) in [4.78, 5) is 0. The number of phenolic OH excluding ortho intramolecular Hbond substituents is 1. The van der Waals surface area contributed by atoms with Gasteiger partial charge in [-0.05, 0) is 26.0 Å². The molecule has 1 aliphatic rings. The van der Waals surface area contributed by atoms with Gasteiger partial charge < -0.3 is 19.9 Å². The predicted molar refractivity (Wildman–Crippen MR) is 65.4 cm³/mol. The van der Waals surface area contributed by atoms with E-state index in [1.807, 2.05) is 19.9 Å². The molecule has 0 radical (unpaired) electrons. The maximum atomic E-state index is 9.35. The maximum Gasteiger partial charge on any atom is 0.127 e. The van der Waals surface area contributed by atoms with Gasteiger partial charge in [0.15, 0.2) is 0 Å². The van der Waals surface area contributed by atoms with Crippen LogP contribution in [0.1, 0.15) is 25.5 Å². The van der Waals surface area contributed by atoms with Crippen LogP contribution < -0.4 is 10.1 Å². The standard InChI is InChI=1S/C13H19NO3/c1-3-16-9(2)7-14-12-8-17-13-6-10(15)4-5-11(12)13/h4-6,9,12,14-15H,3,7-8H2,1-2H3. The second kappa shape index (κ2) is 5.38. The number of aromatic hydroxyl groups is 1. The Morgan fingerprint density at radius 3 is 3.18 bits per heavy atom. The molecule has 1 aromatic rings. The van der Waals surface area contributed by atoms with Crippen molar-refractivity contribution in [1.29, 1.82) is 0 Å². The SMILES string of the molecule is CCOC(C)CNC1COc2cc(O)ccc21. The van der Waals surface area contributed by atoms with Crippen molar-refractivity contribution >= 4 is 0 Å². The molecule has 4 heteroatoms. The molecule has 1 heterocycles. The van der Waals surface area contributed by atoms with Crippen LogP contribution in [-0.4, -0.2) is 31.0 Å². The van der Waals surface area contributed by atoms with Crippen LogP contribution in [0.3, 0.4) is 0 Å². The van der Waals surface area contributed by atoms with Crippen LogP contribution in [0.5, 0.6) is 11.5 Å². The van der Waals surface area contributed by atoms with Gasteiger partial charge in [0.1, 0.15) is 18.1 Å². The van der Waals surface area contributed by atoms with E-state index in [4.69, 9.17) is 9.47 Å². The van der Waals surface area contributed by atoms with Crippen LogP contribution in [0.2, 0.25) is 0 Å². The average Bonchev–Trinajstić information content (AvgIpc) is 2.69. The Bertz CT molecular complexity index is 381. The van der Waals surface area contributed by atoms with Gasteiger partial charge in [0.25, 0.3) is 0 Å². The Morgan fingerprint density at radius 2 is 2.41 bits per heavy atom. The van der Waals surface area contributed by atoms with Crippen molar-refractivity contribution in [3.05, 3.63) is 23.8 Å². The zero-order valence-electron chi connectivity index (χ0n) is 10.3. The molecular weight excluding hydrogens is 218 g/mol. The van der Waals surface area contributed by atoms with Crippen molar-refractivity contribution in [1.82, 2.24) is 5.32 Å². The summed E-state index contributed by atoms with van der Waals surface area (Å²) in [5.74, 6) is 1.01. The summed E-state index contributed by atoms with van der Waals surface area (Å²) >= 11 is 0. The van der Waals surface area contributed by atoms with Gasteiger partial charge in [-0.1, -0.05) is 0 Å². The van der Waals surface area contributed by atoms with E-state index >= 15 is 0 Å². The highest BCUT2D eigenvalue weighted by Crippen LogP contribution is 2.34. The molecule has 94 valence electrons. The van der Waals surface area contributed by atoms with Crippen molar-refractivity contribution < 1.29 is 14.6 Å². The molecule has 2 rings (SSSR count). The summed E-state index contributed by atoms with van der Waals surface area (Å²) in [5, 5.41) is 12.8. The highest BCUT2D eigenvalue weighted by molar-refractivity contribution is 5.44. The summed E-state index contributed by atoms with van der Waals surface area (Å²) < 4.78 is 11.0. The Kier molecular flexibility index (Phi) is 3.86. The van der Waals surface area contributed by atoms with E-state index in [2.05, 4.69) is 5.32 Å². The third-order valence-corrected chi connectivity index (χ3v) is 2.88. The number of benzene rings is 1. The highest BCUT2D eigenvalue weighted by atomic mass is 16.5. The lowest BCUT2D eigenvalue weighted by Crippen LogP contribution is -2.31.